The first-order chi connectivity index (χ1) is 14.8. The predicted octanol–water partition coefficient (Wildman–Crippen LogP) is 4.01. The molecule has 1 aliphatic heterocycles. The van der Waals surface area contributed by atoms with Crippen molar-refractivity contribution in [1.82, 2.24) is 4.31 Å². The van der Waals surface area contributed by atoms with Crippen LogP contribution in [0.4, 0.5) is 0 Å². The summed E-state index contributed by atoms with van der Waals surface area (Å²) in [7, 11) is -7.52. The molecule has 7 heteroatoms. The number of hydrogen-bond acceptors (Lipinski definition) is 4. The summed E-state index contributed by atoms with van der Waals surface area (Å²) in [6, 6.07) is 26.5. The van der Waals surface area contributed by atoms with Crippen molar-refractivity contribution in [3.8, 4) is 6.07 Å². The standard InChI is InChI=1S/C24H23N2O3PS/c1-3-24(18-25)23(26(24)31(28,29)22-16-14-19(2)15-17-22)30(27,20-10-6-4-7-11-20)21-12-8-5-9-13-21/h4-17,23H,3H2,1-2H3/t23-,24-,26?/m0/s1. The summed E-state index contributed by atoms with van der Waals surface area (Å²) >= 11 is 0. The van der Waals surface area contributed by atoms with E-state index in [4.69, 9.17) is 0 Å². The molecule has 1 aliphatic rings. The summed E-state index contributed by atoms with van der Waals surface area (Å²) in [5, 5.41) is 11.2. The van der Waals surface area contributed by atoms with Gasteiger partial charge in [-0.3, -0.25) is 0 Å². The molecule has 0 saturated carbocycles. The Kier molecular flexibility index (Phi) is 5.39. The molecule has 1 heterocycles. The largest absolute Gasteiger partial charge is 0.312 e. The maximum Gasteiger partial charge on any atom is 0.245 e. The number of benzene rings is 3. The third-order valence-electron chi connectivity index (χ3n) is 5.91. The minimum absolute atomic E-state index is 0.0985. The fraction of sp³-hybridized carbons (Fsp3) is 0.208. The Bertz CT molecular complexity index is 1240. The van der Waals surface area contributed by atoms with Gasteiger partial charge in [0.2, 0.25) is 10.0 Å². The van der Waals surface area contributed by atoms with Gasteiger partial charge in [-0.05, 0) is 25.5 Å². The van der Waals surface area contributed by atoms with E-state index in [1.165, 1.54) is 16.4 Å². The van der Waals surface area contributed by atoms with Crippen LogP contribution in [0.25, 0.3) is 0 Å². The summed E-state index contributed by atoms with van der Waals surface area (Å²) < 4.78 is 43.2. The van der Waals surface area contributed by atoms with Crippen molar-refractivity contribution in [3.63, 3.8) is 0 Å². The van der Waals surface area contributed by atoms with Crippen LogP contribution < -0.4 is 10.6 Å². The molecule has 3 aromatic carbocycles. The topological polar surface area (TPSA) is 78.0 Å². The van der Waals surface area contributed by atoms with Crippen molar-refractivity contribution in [3.05, 3.63) is 90.5 Å². The highest BCUT2D eigenvalue weighted by molar-refractivity contribution is 7.91. The van der Waals surface area contributed by atoms with Crippen LogP contribution in [0.2, 0.25) is 0 Å². The highest BCUT2D eigenvalue weighted by Gasteiger charge is 2.75. The molecule has 3 atom stereocenters. The van der Waals surface area contributed by atoms with Gasteiger partial charge in [-0.1, -0.05) is 85.3 Å². The van der Waals surface area contributed by atoms with E-state index in [1.54, 1.807) is 67.6 Å². The molecule has 0 spiro atoms. The van der Waals surface area contributed by atoms with Gasteiger partial charge in [0, 0.05) is 10.6 Å². The Hall–Kier alpha value is -2.71. The fourth-order valence-electron chi connectivity index (χ4n) is 4.16. The monoisotopic (exact) mass is 450 g/mol. The van der Waals surface area contributed by atoms with E-state index < -0.39 is 28.5 Å². The average molecular weight is 451 g/mol. The van der Waals surface area contributed by atoms with Crippen LogP contribution in [0.5, 0.6) is 0 Å². The normalized spacial score (nSPS) is 23.1. The molecule has 4 rings (SSSR count). The van der Waals surface area contributed by atoms with Crippen molar-refractivity contribution < 1.29 is 13.0 Å². The van der Waals surface area contributed by atoms with Crippen LogP contribution >= 0.6 is 7.14 Å². The van der Waals surface area contributed by atoms with Gasteiger partial charge >= 0.3 is 0 Å². The Labute approximate surface area is 183 Å². The van der Waals surface area contributed by atoms with Gasteiger partial charge < -0.3 is 4.57 Å². The molecule has 1 unspecified atom stereocenters. The maximum atomic E-state index is 14.8. The summed E-state index contributed by atoms with van der Waals surface area (Å²) in [6.07, 6.45) is 0.239. The van der Waals surface area contributed by atoms with E-state index in [9.17, 15) is 18.2 Å². The molecule has 0 radical (unpaired) electrons. The second kappa shape index (κ2) is 7.76. The Morgan fingerprint density at radius 1 is 0.935 bits per heavy atom. The lowest BCUT2D eigenvalue weighted by Crippen LogP contribution is -2.24. The van der Waals surface area contributed by atoms with Crippen LogP contribution in [0.15, 0.2) is 89.8 Å². The van der Waals surface area contributed by atoms with Gasteiger partial charge in [-0.25, -0.2) is 8.42 Å². The minimum Gasteiger partial charge on any atom is -0.312 e. The van der Waals surface area contributed by atoms with Crippen LogP contribution in [0.1, 0.15) is 18.9 Å². The van der Waals surface area contributed by atoms with Crippen molar-refractivity contribution in [1.29, 1.82) is 5.26 Å². The highest BCUT2D eigenvalue weighted by Crippen LogP contribution is 2.67. The van der Waals surface area contributed by atoms with Crippen LogP contribution in [0.3, 0.4) is 0 Å². The lowest BCUT2D eigenvalue weighted by molar-refractivity contribution is 0.528. The van der Waals surface area contributed by atoms with Crippen LogP contribution in [-0.4, -0.2) is 24.0 Å². The predicted molar refractivity (Wildman–Crippen MR) is 122 cm³/mol. The number of sulfonamides is 1. The highest BCUT2D eigenvalue weighted by atomic mass is 32.2. The molecular formula is C24H23N2O3PS. The van der Waals surface area contributed by atoms with E-state index in [-0.39, 0.29) is 11.3 Å². The lowest BCUT2D eigenvalue weighted by atomic mass is 10.1. The van der Waals surface area contributed by atoms with E-state index >= 15 is 0 Å². The first-order valence-corrected chi connectivity index (χ1v) is 13.3. The number of nitriles is 1. The Morgan fingerprint density at radius 3 is 1.84 bits per heavy atom. The first-order valence-electron chi connectivity index (χ1n) is 10.1. The van der Waals surface area contributed by atoms with Crippen LogP contribution in [-0.2, 0) is 14.6 Å². The fourth-order valence-corrected chi connectivity index (χ4v) is 10.3. The SMILES string of the molecule is CC[C@]1(C#N)[C@H](P(=O)(c2ccccc2)c2ccccc2)N1S(=O)(=O)c1ccc(C)cc1. The molecule has 0 bridgehead atoms. The van der Waals surface area contributed by atoms with Gasteiger partial charge in [0.1, 0.15) is 11.3 Å². The van der Waals surface area contributed by atoms with Crippen molar-refractivity contribution >= 4 is 27.8 Å². The summed E-state index contributed by atoms with van der Waals surface area (Å²) in [4.78, 5) is 0.0985. The molecule has 31 heavy (non-hydrogen) atoms. The third-order valence-corrected chi connectivity index (χ3v) is 11.5. The molecule has 0 amide bonds. The second-order valence-corrected chi connectivity index (χ2v) is 12.4. The molecule has 5 nitrogen and oxygen atoms in total. The molecule has 1 saturated heterocycles. The maximum absolute atomic E-state index is 14.8. The summed E-state index contributed by atoms with van der Waals surface area (Å²) in [5.74, 6) is -0.967. The average Bonchev–Trinajstić information content (AvgIpc) is 3.51. The molecule has 158 valence electrons. The van der Waals surface area contributed by atoms with Crippen molar-refractivity contribution in [2.75, 3.05) is 0 Å². The van der Waals surface area contributed by atoms with Crippen molar-refractivity contribution in [2.24, 2.45) is 0 Å². The Morgan fingerprint density at radius 2 is 1.42 bits per heavy atom. The molecule has 0 aromatic heterocycles. The van der Waals surface area contributed by atoms with E-state index in [0.29, 0.717) is 10.6 Å². The summed E-state index contributed by atoms with van der Waals surface area (Å²) in [5.41, 5.74) is -0.437. The number of hydrogen-bond donors (Lipinski definition) is 0. The molecule has 0 N–H and O–H groups in total. The van der Waals surface area contributed by atoms with E-state index in [1.807, 2.05) is 19.1 Å². The zero-order valence-corrected chi connectivity index (χ0v) is 19.1. The minimum atomic E-state index is -4.02. The third kappa shape index (κ3) is 3.25. The van der Waals surface area contributed by atoms with Crippen molar-refractivity contribution in [2.45, 2.75) is 36.5 Å². The van der Waals surface area contributed by atoms with Gasteiger partial charge in [0.15, 0.2) is 7.14 Å². The molecule has 1 fully saturated rings. The second-order valence-electron chi connectivity index (χ2n) is 7.71. The molecule has 0 aliphatic carbocycles. The number of nitrogens with zero attached hydrogens (tertiary/aromatic N) is 2. The molecular weight excluding hydrogens is 427 g/mol. The number of aryl methyl sites for hydroxylation is 1. The smallest absolute Gasteiger partial charge is 0.245 e. The quantitative estimate of drug-likeness (QED) is 0.420. The van der Waals surface area contributed by atoms with Crippen LogP contribution in [0, 0.1) is 18.3 Å². The molecule has 3 aromatic rings. The van der Waals surface area contributed by atoms with Gasteiger partial charge in [-0.15, -0.1) is 0 Å². The Balaban J connectivity index is 1.94. The van der Waals surface area contributed by atoms with Gasteiger partial charge in [-0.2, -0.15) is 9.57 Å². The number of rotatable bonds is 6. The van der Waals surface area contributed by atoms with E-state index in [2.05, 4.69) is 6.07 Å². The lowest BCUT2D eigenvalue weighted by Gasteiger charge is -2.20. The zero-order chi connectivity index (χ0) is 22.3. The van der Waals surface area contributed by atoms with Gasteiger partial charge in [0.25, 0.3) is 0 Å². The zero-order valence-electron chi connectivity index (χ0n) is 17.3. The van der Waals surface area contributed by atoms with Gasteiger partial charge in [0.05, 0.1) is 11.0 Å². The first kappa shape index (κ1) is 21.5. The van der Waals surface area contributed by atoms with E-state index in [0.717, 1.165) is 5.56 Å². The summed E-state index contributed by atoms with van der Waals surface area (Å²) in [6.45, 7) is 3.64.